The number of nitrogens with one attached hydrogen (secondary N) is 3. The molecule has 3 N–H and O–H groups in total. The molecule has 0 radical (unpaired) electrons. The van der Waals surface area contributed by atoms with Gasteiger partial charge in [-0.1, -0.05) is 12.1 Å². The molecule has 1 amide bonds. The number of hydrogen-bond donors (Lipinski definition) is 3. The molecule has 1 aliphatic heterocycles. The Hall–Kier alpha value is -2.12. The second-order valence-electron chi connectivity index (χ2n) is 6.84. The maximum absolute atomic E-state index is 11.8. The molecule has 2 rings (SSSR count). The minimum atomic E-state index is -0.0461. The van der Waals surface area contributed by atoms with E-state index in [9.17, 15) is 4.79 Å². The van der Waals surface area contributed by atoms with Crippen LogP contribution in [0.2, 0.25) is 0 Å². The van der Waals surface area contributed by atoms with Crippen molar-refractivity contribution < 1.29 is 14.3 Å². The molecular weight excluding hydrogens is 356 g/mol. The number of benzene rings is 1. The van der Waals surface area contributed by atoms with Crippen molar-refractivity contribution in [3.05, 3.63) is 35.4 Å². The normalized spacial score (nSPS) is 16.8. The van der Waals surface area contributed by atoms with Gasteiger partial charge in [0, 0.05) is 44.3 Å². The van der Waals surface area contributed by atoms with Crippen molar-refractivity contribution >= 4 is 11.9 Å². The Balaban J connectivity index is 1.69. The molecule has 7 heteroatoms. The first kappa shape index (κ1) is 22.2. The van der Waals surface area contributed by atoms with E-state index in [2.05, 4.69) is 20.9 Å². The number of carbonyl (C=O) groups excluding carboxylic acids is 1. The minimum Gasteiger partial charge on any atom is -0.381 e. The predicted octanol–water partition coefficient (Wildman–Crippen LogP) is 1.93. The molecule has 0 spiro atoms. The van der Waals surface area contributed by atoms with E-state index in [0.717, 1.165) is 63.9 Å². The van der Waals surface area contributed by atoms with Gasteiger partial charge in [-0.2, -0.15) is 0 Å². The number of guanidine groups is 1. The van der Waals surface area contributed by atoms with E-state index in [1.165, 1.54) is 0 Å². The molecule has 1 aliphatic rings. The van der Waals surface area contributed by atoms with E-state index in [1.807, 2.05) is 38.1 Å². The van der Waals surface area contributed by atoms with Crippen molar-refractivity contribution in [3.63, 3.8) is 0 Å². The van der Waals surface area contributed by atoms with E-state index in [4.69, 9.17) is 9.47 Å². The Bertz CT molecular complexity index is 598. The SMILES string of the molecule is CCNC(=O)c1ccc(CN=C(NCC)NCCCOCC2CCOC2)cc1. The fraction of sp³-hybridized carbons (Fsp3) is 0.619. The highest BCUT2D eigenvalue weighted by molar-refractivity contribution is 5.94. The van der Waals surface area contributed by atoms with Crippen LogP contribution < -0.4 is 16.0 Å². The zero-order valence-corrected chi connectivity index (χ0v) is 17.1. The van der Waals surface area contributed by atoms with Crippen LogP contribution in [0.3, 0.4) is 0 Å². The molecule has 156 valence electrons. The molecule has 0 bridgehead atoms. The van der Waals surface area contributed by atoms with Gasteiger partial charge in [0.2, 0.25) is 0 Å². The van der Waals surface area contributed by atoms with Crippen LogP contribution in [0.4, 0.5) is 0 Å². The van der Waals surface area contributed by atoms with E-state index in [1.54, 1.807) is 0 Å². The lowest BCUT2D eigenvalue weighted by Gasteiger charge is -2.12. The zero-order chi connectivity index (χ0) is 20.0. The lowest BCUT2D eigenvalue weighted by Crippen LogP contribution is -2.38. The highest BCUT2D eigenvalue weighted by Crippen LogP contribution is 2.12. The van der Waals surface area contributed by atoms with Crippen molar-refractivity contribution in [1.82, 2.24) is 16.0 Å². The standard InChI is InChI=1S/C21H34N4O3/c1-3-22-20(26)19-8-6-17(7-9-19)14-25-21(23-4-2)24-11-5-12-27-15-18-10-13-28-16-18/h6-9,18H,3-5,10-16H2,1-2H3,(H,22,26)(H2,23,24,25). The summed E-state index contributed by atoms with van der Waals surface area (Å²) in [7, 11) is 0. The monoisotopic (exact) mass is 390 g/mol. The third kappa shape index (κ3) is 8.27. The minimum absolute atomic E-state index is 0.0461. The Morgan fingerprint density at radius 2 is 1.96 bits per heavy atom. The Morgan fingerprint density at radius 1 is 1.18 bits per heavy atom. The summed E-state index contributed by atoms with van der Waals surface area (Å²) in [5, 5.41) is 9.39. The first-order chi connectivity index (χ1) is 13.7. The van der Waals surface area contributed by atoms with Crippen LogP contribution in [0.15, 0.2) is 29.3 Å². The second-order valence-corrected chi connectivity index (χ2v) is 6.84. The molecular formula is C21H34N4O3. The predicted molar refractivity (Wildman–Crippen MR) is 112 cm³/mol. The summed E-state index contributed by atoms with van der Waals surface area (Å²) in [5.74, 6) is 1.31. The van der Waals surface area contributed by atoms with Gasteiger partial charge in [-0.25, -0.2) is 4.99 Å². The highest BCUT2D eigenvalue weighted by Gasteiger charge is 2.15. The lowest BCUT2D eigenvalue weighted by molar-refractivity contribution is 0.0888. The van der Waals surface area contributed by atoms with Crippen LogP contribution in [0, 0.1) is 5.92 Å². The number of ether oxygens (including phenoxy) is 2. The summed E-state index contributed by atoms with van der Waals surface area (Å²) in [5.41, 5.74) is 1.73. The molecule has 1 aromatic carbocycles. The largest absolute Gasteiger partial charge is 0.381 e. The molecule has 1 unspecified atom stereocenters. The molecule has 1 saturated heterocycles. The van der Waals surface area contributed by atoms with Gasteiger partial charge in [0.05, 0.1) is 19.8 Å². The first-order valence-electron chi connectivity index (χ1n) is 10.3. The van der Waals surface area contributed by atoms with E-state index < -0.39 is 0 Å². The molecule has 1 aromatic rings. The summed E-state index contributed by atoms with van der Waals surface area (Å²) >= 11 is 0. The van der Waals surface area contributed by atoms with Gasteiger partial charge in [0.25, 0.3) is 5.91 Å². The van der Waals surface area contributed by atoms with Crippen molar-refractivity contribution in [2.75, 3.05) is 46.1 Å². The van der Waals surface area contributed by atoms with Crippen molar-refractivity contribution in [2.45, 2.75) is 33.2 Å². The summed E-state index contributed by atoms with van der Waals surface area (Å²) in [6.45, 7) is 9.99. The van der Waals surface area contributed by atoms with Gasteiger partial charge >= 0.3 is 0 Å². The van der Waals surface area contributed by atoms with Crippen molar-refractivity contribution in [2.24, 2.45) is 10.9 Å². The quantitative estimate of drug-likeness (QED) is 0.305. The van der Waals surface area contributed by atoms with Crippen LogP contribution >= 0.6 is 0 Å². The average Bonchev–Trinajstić information content (AvgIpc) is 3.22. The zero-order valence-electron chi connectivity index (χ0n) is 17.1. The average molecular weight is 391 g/mol. The van der Waals surface area contributed by atoms with E-state index in [0.29, 0.717) is 24.6 Å². The number of aliphatic imine (C=N–C) groups is 1. The Labute approximate surface area is 168 Å². The third-order valence-corrected chi connectivity index (χ3v) is 4.45. The van der Waals surface area contributed by atoms with E-state index >= 15 is 0 Å². The molecule has 0 saturated carbocycles. The summed E-state index contributed by atoms with van der Waals surface area (Å²) in [4.78, 5) is 16.4. The molecule has 0 aromatic heterocycles. The smallest absolute Gasteiger partial charge is 0.251 e. The highest BCUT2D eigenvalue weighted by atomic mass is 16.5. The van der Waals surface area contributed by atoms with Crippen LogP contribution in [0.5, 0.6) is 0 Å². The first-order valence-corrected chi connectivity index (χ1v) is 10.3. The second kappa shape index (κ2) is 13.1. The number of hydrogen-bond acceptors (Lipinski definition) is 4. The number of carbonyl (C=O) groups is 1. The Morgan fingerprint density at radius 3 is 2.64 bits per heavy atom. The van der Waals surface area contributed by atoms with Crippen LogP contribution in [-0.2, 0) is 16.0 Å². The van der Waals surface area contributed by atoms with Gasteiger partial charge in [-0.05, 0) is 44.4 Å². The molecule has 1 heterocycles. The van der Waals surface area contributed by atoms with Gasteiger partial charge in [-0.15, -0.1) is 0 Å². The molecule has 1 fully saturated rings. The van der Waals surface area contributed by atoms with Gasteiger partial charge in [0.1, 0.15) is 0 Å². The molecule has 0 aliphatic carbocycles. The topological polar surface area (TPSA) is 84.0 Å². The number of nitrogens with zero attached hydrogens (tertiary/aromatic N) is 1. The lowest BCUT2D eigenvalue weighted by atomic mass is 10.1. The summed E-state index contributed by atoms with van der Waals surface area (Å²) in [6.07, 6.45) is 2.04. The van der Waals surface area contributed by atoms with Crippen LogP contribution in [0.25, 0.3) is 0 Å². The summed E-state index contributed by atoms with van der Waals surface area (Å²) in [6, 6.07) is 7.56. The third-order valence-electron chi connectivity index (χ3n) is 4.45. The summed E-state index contributed by atoms with van der Waals surface area (Å²) < 4.78 is 11.1. The molecule has 28 heavy (non-hydrogen) atoms. The molecule has 1 atom stereocenters. The van der Waals surface area contributed by atoms with Crippen molar-refractivity contribution in [3.8, 4) is 0 Å². The van der Waals surface area contributed by atoms with Gasteiger partial charge < -0.3 is 25.4 Å². The van der Waals surface area contributed by atoms with Gasteiger partial charge in [0.15, 0.2) is 5.96 Å². The Kier molecular flexibility index (Phi) is 10.4. The van der Waals surface area contributed by atoms with Gasteiger partial charge in [-0.3, -0.25) is 4.79 Å². The fourth-order valence-corrected chi connectivity index (χ4v) is 2.88. The van der Waals surface area contributed by atoms with Crippen molar-refractivity contribution in [1.29, 1.82) is 0 Å². The fourth-order valence-electron chi connectivity index (χ4n) is 2.88. The van der Waals surface area contributed by atoms with Crippen LogP contribution in [0.1, 0.15) is 42.6 Å². The maximum Gasteiger partial charge on any atom is 0.251 e. The maximum atomic E-state index is 11.8. The van der Waals surface area contributed by atoms with E-state index in [-0.39, 0.29) is 5.91 Å². The van der Waals surface area contributed by atoms with Crippen LogP contribution in [-0.4, -0.2) is 57.9 Å². The number of rotatable bonds is 11. The molecule has 7 nitrogen and oxygen atoms in total. The number of amides is 1.